The van der Waals surface area contributed by atoms with E-state index < -0.39 is 13.5 Å². The highest BCUT2D eigenvalue weighted by Crippen LogP contribution is 2.39. The number of hydrogen-bond acceptors (Lipinski definition) is 3. The third-order valence-electron chi connectivity index (χ3n) is 1.81. The van der Waals surface area contributed by atoms with Crippen LogP contribution in [0.1, 0.15) is 17.3 Å². The van der Waals surface area contributed by atoms with Crippen LogP contribution in [-0.4, -0.2) is 23.7 Å². The van der Waals surface area contributed by atoms with Crippen molar-refractivity contribution in [3.05, 3.63) is 35.9 Å². The molecule has 0 bridgehead atoms. The Bertz CT molecular complexity index is 393. The van der Waals surface area contributed by atoms with Gasteiger partial charge in [0.15, 0.2) is 0 Å². The van der Waals surface area contributed by atoms with Crippen molar-refractivity contribution < 1.29 is 18.8 Å². The van der Waals surface area contributed by atoms with Gasteiger partial charge in [-0.25, -0.2) is 0 Å². The number of carbonyl (C=O) groups excluding carboxylic acids is 1. The fraction of sp³-hybridized carbons (Fsp3) is 0.300. The highest BCUT2D eigenvalue weighted by Gasteiger charge is 2.19. The number of hydrogen-bond donors (Lipinski definition) is 2. The van der Waals surface area contributed by atoms with E-state index in [0.717, 1.165) is 0 Å². The zero-order valence-electron chi connectivity index (χ0n) is 8.92. The molecule has 16 heavy (non-hydrogen) atoms. The first kappa shape index (κ1) is 12.9. The lowest BCUT2D eigenvalue weighted by Crippen LogP contribution is -2.24. The van der Waals surface area contributed by atoms with Gasteiger partial charge in [-0.2, -0.15) is 0 Å². The van der Waals surface area contributed by atoms with Crippen LogP contribution < -0.4 is 5.32 Å². The van der Waals surface area contributed by atoms with Crippen LogP contribution >= 0.6 is 7.60 Å². The average molecular weight is 243 g/mol. The Hall–Kier alpha value is -1.16. The number of amides is 1. The summed E-state index contributed by atoms with van der Waals surface area (Å²) < 4.78 is 15.9. The minimum Gasteiger partial charge on any atom is -0.340 e. The summed E-state index contributed by atoms with van der Waals surface area (Å²) in [5.41, 5.74) is 0.444. The molecule has 1 aromatic rings. The normalized spacial score (nSPS) is 14.1. The minimum atomic E-state index is -3.70. The maximum Gasteiger partial charge on any atom is 0.347 e. The molecule has 1 unspecified atom stereocenters. The van der Waals surface area contributed by atoms with Gasteiger partial charge in [-0.05, 0) is 19.1 Å². The molecule has 1 rings (SSSR count). The van der Waals surface area contributed by atoms with Gasteiger partial charge in [-0.1, -0.05) is 18.2 Å². The molecule has 88 valence electrons. The van der Waals surface area contributed by atoms with E-state index in [0.29, 0.717) is 5.56 Å². The first-order valence-corrected chi connectivity index (χ1v) is 6.61. The molecule has 6 heteroatoms. The van der Waals surface area contributed by atoms with Crippen LogP contribution in [0.15, 0.2) is 30.3 Å². The van der Waals surface area contributed by atoms with Crippen LogP contribution in [0.2, 0.25) is 0 Å². The molecule has 0 saturated heterocycles. The van der Waals surface area contributed by atoms with Crippen molar-refractivity contribution in [1.82, 2.24) is 5.32 Å². The van der Waals surface area contributed by atoms with Gasteiger partial charge < -0.3 is 14.7 Å². The van der Waals surface area contributed by atoms with E-state index in [2.05, 4.69) is 9.84 Å². The Balaban J connectivity index is 2.51. The average Bonchev–Trinajstić information content (AvgIpc) is 2.27. The summed E-state index contributed by atoms with van der Waals surface area (Å²) in [6.45, 7) is 1.75. The van der Waals surface area contributed by atoms with Crippen LogP contribution in [-0.2, 0) is 9.09 Å². The summed E-state index contributed by atoms with van der Waals surface area (Å²) >= 11 is 0. The molecule has 0 aliphatic rings. The van der Waals surface area contributed by atoms with E-state index in [9.17, 15) is 14.3 Å². The van der Waals surface area contributed by atoms with E-state index in [1.165, 1.54) is 0 Å². The maximum absolute atomic E-state index is 11.5. The Kier molecular flexibility index (Phi) is 4.68. The number of carbonyl (C=O) groups is 1. The Morgan fingerprint density at radius 2 is 2.06 bits per heavy atom. The molecule has 0 spiro atoms. The fourth-order valence-corrected chi connectivity index (χ4v) is 1.95. The van der Waals surface area contributed by atoms with Crippen LogP contribution in [0.4, 0.5) is 0 Å². The van der Waals surface area contributed by atoms with Gasteiger partial charge in [0.1, 0.15) is 6.29 Å². The third-order valence-corrected chi connectivity index (χ3v) is 3.03. The molecule has 0 fully saturated rings. The number of benzene rings is 1. The summed E-state index contributed by atoms with van der Waals surface area (Å²) in [7, 11) is -3.70. The van der Waals surface area contributed by atoms with Gasteiger partial charge in [0.05, 0.1) is 6.61 Å². The van der Waals surface area contributed by atoms with Crippen molar-refractivity contribution in [3.8, 4) is 0 Å². The molecule has 5 nitrogen and oxygen atoms in total. The largest absolute Gasteiger partial charge is 0.347 e. The molecule has 0 aliphatic carbocycles. The predicted octanol–water partition coefficient (Wildman–Crippen LogP) is 1.60. The minimum absolute atomic E-state index is 0.134. The third kappa shape index (κ3) is 4.14. The highest BCUT2D eigenvalue weighted by atomic mass is 31.2. The molecule has 0 aromatic heterocycles. The molecule has 2 N–H and O–H groups in total. The van der Waals surface area contributed by atoms with Crippen LogP contribution in [0.25, 0.3) is 0 Å². The smallest absolute Gasteiger partial charge is 0.340 e. The molecule has 1 amide bonds. The summed E-state index contributed by atoms with van der Waals surface area (Å²) in [5, 5.41) is 2.35. The van der Waals surface area contributed by atoms with Crippen molar-refractivity contribution in [2.45, 2.75) is 6.92 Å². The fourth-order valence-electron chi connectivity index (χ4n) is 1.11. The standard InChI is InChI=1S/C10H14NO4P/c1-2-15-16(13,14)8-11-10(12)9-6-4-3-5-7-9/h3-7H,2,8H2,1H3,(H,11,12)(H,13,14). The number of rotatable bonds is 5. The second-order valence-electron chi connectivity index (χ2n) is 3.09. The second kappa shape index (κ2) is 5.80. The van der Waals surface area contributed by atoms with Crippen LogP contribution in [0.5, 0.6) is 0 Å². The lowest BCUT2D eigenvalue weighted by Gasteiger charge is -2.11. The van der Waals surface area contributed by atoms with E-state index in [1.54, 1.807) is 37.3 Å². The molecule has 0 saturated carbocycles. The molecule has 1 aromatic carbocycles. The zero-order valence-corrected chi connectivity index (χ0v) is 9.81. The second-order valence-corrected chi connectivity index (χ2v) is 4.93. The van der Waals surface area contributed by atoms with E-state index in [-0.39, 0.29) is 12.9 Å². The van der Waals surface area contributed by atoms with Gasteiger partial charge in [0.2, 0.25) is 0 Å². The molecular weight excluding hydrogens is 229 g/mol. The van der Waals surface area contributed by atoms with Crippen molar-refractivity contribution in [3.63, 3.8) is 0 Å². The van der Waals surface area contributed by atoms with Gasteiger partial charge in [0.25, 0.3) is 5.91 Å². The Morgan fingerprint density at radius 1 is 1.44 bits per heavy atom. The van der Waals surface area contributed by atoms with Crippen LogP contribution in [0, 0.1) is 0 Å². The van der Waals surface area contributed by atoms with Gasteiger partial charge in [-0.3, -0.25) is 9.36 Å². The van der Waals surface area contributed by atoms with Crippen molar-refractivity contribution in [1.29, 1.82) is 0 Å². The Morgan fingerprint density at radius 3 is 2.62 bits per heavy atom. The van der Waals surface area contributed by atoms with Gasteiger partial charge in [0, 0.05) is 5.56 Å². The summed E-state index contributed by atoms with van der Waals surface area (Å²) in [6, 6.07) is 8.47. The molecular formula is C10H14NO4P. The highest BCUT2D eigenvalue weighted by molar-refractivity contribution is 7.52. The zero-order chi connectivity index (χ0) is 12.0. The summed E-state index contributed by atoms with van der Waals surface area (Å²) in [5.74, 6) is -0.394. The predicted molar refractivity (Wildman–Crippen MR) is 60.2 cm³/mol. The van der Waals surface area contributed by atoms with E-state index in [4.69, 9.17) is 0 Å². The first-order chi connectivity index (χ1) is 7.55. The lowest BCUT2D eigenvalue weighted by atomic mass is 10.2. The van der Waals surface area contributed by atoms with E-state index >= 15 is 0 Å². The number of nitrogens with one attached hydrogen (secondary N) is 1. The topological polar surface area (TPSA) is 75.6 Å². The summed E-state index contributed by atoms with van der Waals surface area (Å²) in [6.07, 6.45) is -0.380. The van der Waals surface area contributed by atoms with E-state index in [1.807, 2.05) is 0 Å². The Labute approximate surface area is 94.0 Å². The van der Waals surface area contributed by atoms with Crippen molar-refractivity contribution in [2.75, 3.05) is 12.9 Å². The monoisotopic (exact) mass is 243 g/mol. The van der Waals surface area contributed by atoms with Gasteiger partial charge in [-0.15, -0.1) is 0 Å². The molecule has 1 atom stereocenters. The molecule has 0 heterocycles. The van der Waals surface area contributed by atoms with Crippen molar-refractivity contribution in [2.24, 2.45) is 0 Å². The van der Waals surface area contributed by atoms with Crippen molar-refractivity contribution >= 4 is 13.5 Å². The quantitative estimate of drug-likeness (QED) is 0.770. The first-order valence-electron chi connectivity index (χ1n) is 4.85. The molecule has 0 aliphatic heterocycles. The maximum atomic E-state index is 11.5. The van der Waals surface area contributed by atoms with Gasteiger partial charge >= 0.3 is 7.60 Å². The molecule has 0 radical (unpaired) electrons. The lowest BCUT2D eigenvalue weighted by molar-refractivity contribution is 0.0956. The van der Waals surface area contributed by atoms with Crippen LogP contribution in [0.3, 0.4) is 0 Å². The summed E-state index contributed by atoms with van der Waals surface area (Å²) in [4.78, 5) is 20.7. The SMILES string of the molecule is CCOP(=O)(O)CNC(=O)c1ccccc1.